The second kappa shape index (κ2) is 14.6. The van der Waals surface area contributed by atoms with E-state index in [4.69, 9.17) is 9.47 Å². The molecule has 2 atom stereocenters. The number of aliphatic hydroxyl groups is 1. The van der Waals surface area contributed by atoms with E-state index >= 15 is 0 Å². The molecule has 10 nitrogen and oxygen atoms in total. The Balaban J connectivity index is 1.67. The summed E-state index contributed by atoms with van der Waals surface area (Å²) >= 11 is 0. The van der Waals surface area contributed by atoms with Gasteiger partial charge in [0.15, 0.2) is 0 Å². The van der Waals surface area contributed by atoms with Gasteiger partial charge in [-0.3, -0.25) is 19.2 Å². The predicted octanol–water partition coefficient (Wildman–Crippen LogP) is 4.80. The fourth-order valence-corrected chi connectivity index (χ4v) is 4.60. The molecular formula is C35H49N3O7. The van der Waals surface area contributed by atoms with Crippen molar-refractivity contribution in [2.75, 3.05) is 19.6 Å². The molecule has 0 radical (unpaired) electrons. The summed E-state index contributed by atoms with van der Waals surface area (Å²) in [5.74, 6) is -1.01. The molecule has 0 bridgehead atoms. The highest BCUT2D eigenvalue weighted by atomic mass is 16.5. The van der Waals surface area contributed by atoms with Crippen LogP contribution in [0.25, 0.3) is 0 Å². The van der Waals surface area contributed by atoms with Crippen LogP contribution in [-0.4, -0.2) is 65.0 Å². The van der Waals surface area contributed by atoms with Gasteiger partial charge in [0.1, 0.15) is 17.5 Å². The van der Waals surface area contributed by atoms with Gasteiger partial charge in [0.25, 0.3) is 5.91 Å². The minimum atomic E-state index is -1.06. The van der Waals surface area contributed by atoms with Crippen LogP contribution < -0.4 is 20.1 Å². The molecule has 2 aromatic rings. The minimum Gasteiger partial charge on any atom is -0.426 e. The van der Waals surface area contributed by atoms with Crippen LogP contribution in [-0.2, 0) is 14.4 Å². The topological polar surface area (TPSA) is 134 Å². The van der Waals surface area contributed by atoms with Crippen molar-refractivity contribution in [2.24, 2.45) is 10.8 Å². The van der Waals surface area contributed by atoms with Gasteiger partial charge < -0.3 is 30.1 Å². The first kappa shape index (κ1) is 35.7. The summed E-state index contributed by atoms with van der Waals surface area (Å²) in [7, 11) is 0. The van der Waals surface area contributed by atoms with Crippen molar-refractivity contribution in [3.05, 3.63) is 59.7 Å². The number of β-amino-alcohol motifs (C(OH)–C–C–N with tert-alkyl or cyclic N) is 1. The van der Waals surface area contributed by atoms with E-state index in [1.54, 1.807) is 70.7 Å². The Morgan fingerprint density at radius 3 is 1.96 bits per heavy atom. The number of ether oxygens (including phenoxy) is 2. The SMILES string of the molecule is CC(C)(CNC(=O)C1CCCCN1C(=O)c1ccccc1)NCC(O)c1cc(OC(=O)C(C)(C)C)cc(OC(=O)C(C)(C)C)c1. The Labute approximate surface area is 266 Å². The van der Waals surface area contributed by atoms with Gasteiger partial charge in [-0.25, -0.2) is 0 Å². The van der Waals surface area contributed by atoms with Crippen molar-refractivity contribution in [3.63, 3.8) is 0 Å². The summed E-state index contributed by atoms with van der Waals surface area (Å²) in [6.45, 7) is 15.0. The predicted molar refractivity (Wildman–Crippen MR) is 172 cm³/mol. The fraction of sp³-hybridized carbons (Fsp3) is 0.543. The molecule has 2 aromatic carbocycles. The van der Waals surface area contributed by atoms with Gasteiger partial charge in [0, 0.05) is 36.8 Å². The molecule has 246 valence electrons. The van der Waals surface area contributed by atoms with E-state index in [0.29, 0.717) is 24.1 Å². The summed E-state index contributed by atoms with van der Waals surface area (Å²) in [6.07, 6.45) is 1.25. The van der Waals surface area contributed by atoms with Crippen molar-refractivity contribution in [1.82, 2.24) is 15.5 Å². The average Bonchev–Trinajstić information content (AvgIpc) is 2.97. The number of benzene rings is 2. The Bertz CT molecular complexity index is 1310. The lowest BCUT2D eigenvalue weighted by atomic mass is 9.97. The van der Waals surface area contributed by atoms with Gasteiger partial charge in [-0.15, -0.1) is 0 Å². The van der Waals surface area contributed by atoms with Crippen LogP contribution >= 0.6 is 0 Å². The third kappa shape index (κ3) is 10.4. The number of rotatable bonds is 10. The van der Waals surface area contributed by atoms with E-state index in [9.17, 15) is 24.3 Å². The van der Waals surface area contributed by atoms with Gasteiger partial charge in [0.05, 0.1) is 16.9 Å². The molecule has 1 fully saturated rings. The number of hydrogen-bond acceptors (Lipinski definition) is 8. The molecule has 3 N–H and O–H groups in total. The van der Waals surface area contributed by atoms with Gasteiger partial charge in [-0.05, 0) is 104 Å². The highest BCUT2D eigenvalue weighted by molar-refractivity contribution is 5.97. The van der Waals surface area contributed by atoms with E-state index in [1.807, 2.05) is 32.0 Å². The van der Waals surface area contributed by atoms with Crippen molar-refractivity contribution in [3.8, 4) is 11.5 Å². The molecule has 0 aromatic heterocycles. The molecule has 2 amide bonds. The highest BCUT2D eigenvalue weighted by Crippen LogP contribution is 2.30. The Morgan fingerprint density at radius 2 is 1.42 bits per heavy atom. The van der Waals surface area contributed by atoms with E-state index in [1.165, 1.54) is 6.07 Å². The zero-order chi connectivity index (χ0) is 33.6. The van der Waals surface area contributed by atoms with Crippen LogP contribution in [0.2, 0.25) is 0 Å². The van der Waals surface area contributed by atoms with Gasteiger partial charge in [0.2, 0.25) is 5.91 Å². The monoisotopic (exact) mass is 623 g/mol. The van der Waals surface area contributed by atoms with Crippen LogP contribution in [0.5, 0.6) is 11.5 Å². The number of likely N-dealkylation sites (tertiary alicyclic amines) is 1. The van der Waals surface area contributed by atoms with Crippen molar-refractivity contribution >= 4 is 23.8 Å². The lowest BCUT2D eigenvalue weighted by molar-refractivity contribution is -0.143. The van der Waals surface area contributed by atoms with E-state index in [2.05, 4.69) is 10.6 Å². The van der Waals surface area contributed by atoms with Crippen molar-refractivity contribution < 1.29 is 33.8 Å². The maximum Gasteiger partial charge on any atom is 0.316 e. The number of nitrogens with zero attached hydrogens (tertiary/aromatic N) is 1. The highest BCUT2D eigenvalue weighted by Gasteiger charge is 2.33. The maximum absolute atomic E-state index is 13.3. The van der Waals surface area contributed by atoms with Gasteiger partial charge in [-0.1, -0.05) is 18.2 Å². The largest absolute Gasteiger partial charge is 0.426 e. The molecule has 1 aliphatic rings. The molecular weight excluding hydrogens is 574 g/mol. The first-order valence-electron chi connectivity index (χ1n) is 15.5. The molecule has 3 rings (SSSR count). The quantitative estimate of drug-likeness (QED) is 0.254. The molecule has 45 heavy (non-hydrogen) atoms. The molecule has 2 unspecified atom stereocenters. The summed E-state index contributed by atoms with van der Waals surface area (Å²) in [4.78, 5) is 53.2. The molecule has 0 saturated carbocycles. The first-order chi connectivity index (χ1) is 20.9. The lowest BCUT2D eigenvalue weighted by Gasteiger charge is -2.36. The summed E-state index contributed by atoms with van der Waals surface area (Å²) in [6, 6.07) is 13.0. The number of esters is 2. The molecule has 1 aliphatic heterocycles. The van der Waals surface area contributed by atoms with Crippen molar-refractivity contribution in [2.45, 2.75) is 92.3 Å². The second-order valence-electron chi connectivity index (χ2n) is 14.4. The van der Waals surface area contributed by atoms with E-state index < -0.39 is 40.5 Å². The minimum absolute atomic E-state index is 0.0915. The maximum atomic E-state index is 13.3. The van der Waals surface area contributed by atoms with Gasteiger partial charge >= 0.3 is 11.9 Å². The van der Waals surface area contributed by atoms with E-state index in [-0.39, 0.29) is 36.4 Å². The number of nitrogens with one attached hydrogen (secondary N) is 2. The third-order valence-electron chi connectivity index (χ3n) is 7.50. The fourth-order valence-electron chi connectivity index (χ4n) is 4.60. The molecule has 1 heterocycles. The third-order valence-corrected chi connectivity index (χ3v) is 7.50. The normalized spacial score (nSPS) is 16.5. The molecule has 0 aliphatic carbocycles. The van der Waals surface area contributed by atoms with Crippen LogP contribution in [0.1, 0.15) is 96.7 Å². The summed E-state index contributed by atoms with van der Waals surface area (Å²) in [5, 5.41) is 17.4. The summed E-state index contributed by atoms with van der Waals surface area (Å²) in [5.41, 5.74) is -1.22. The molecule has 1 saturated heterocycles. The Hall–Kier alpha value is -3.76. The van der Waals surface area contributed by atoms with Crippen LogP contribution in [0.4, 0.5) is 0 Å². The number of piperidine rings is 1. The van der Waals surface area contributed by atoms with E-state index in [0.717, 1.165) is 12.8 Å². The van der Waals surface area contributed by atoms with Crippen LogP contribution in [0.3, 0.4) is 0 Å². The van der Waals surface area contributed by atoms with Crippen molar-refractivity contribution in [1.29, 1.82) is 0 Å². The smallest absolute Gasteiger partial charge is 0.316 e. The van der Waals surface area contributed by atoms with Gasteiger partial charge in [-0.2, -0.15) is 0 Å². The number of hydrogen-bond donors (Lipinski definition) is 3. The standard InChI is InChI=1S/C35H49N3O7/c1-33(2,3)31(42)44-25-18-24(19-26(20-25)45-32(43)34(4,5)6)28(39)21-37-35(7,8)22-36-29(40)27-16-12-13-17-38(27)30(41)23-14-10-9-11-15-23/h9-11,14-15,18-20,27-28,37,39H,12-13,16-17,21-22H2,1-8H3,(H,36,40). The lowest BCUT2D eigenvalue weighted by Crippen LogP contribution is -2.56. The Kier molecular flexibility index (Phi) is 11.6. The number of carbonyl (C=O) groups excluding carboxylic acids is 4. The number of amides is 2. The second-order valence-corrected chi connectivity index (χ2v) is 14.4. The molecule has 10 heteroatoms. The zero-order valence-corrected chi connectivity index (χ0v) is 27.9. The Morgan fingerprint density at radius 1 is 0.867 bits per heavy atom. The number of carbonyl (C=O) groups is 4. The van der Waals surface area contributed by atoms with Crippen LogP contribution in [0.15, 0.2) is 48.5 Å². The first-order valence-corrected chi connectivity index (χ1v) is 15.5. The molecule has 0 spiro atoms. The van der Waals surface area contributed by atoms with Crippen LogP contribution in [0, 0.1) is 10.8 Å². The summed E-state index contributed by atoms with van der Waals surface area (Å²) < 4.78 is 11.1. The zero-order valence-electron chi connectivity index (χ0n) is 27.9. The average molecular weight is 624 g/mol. The number of aliphatic hydroxyl groups excluding tert-OH is 1.